The lowest BCUT2D eigenvalue weighted by Gasteiger charge is -2.18. The van der Waals surface area contributed by atoms with Gasteiger partial charge in [0.05, 0.1) is 6.04 Å². The fourth-order valence-electron chi connectivity index (χ4n) is 1.84. The van der Waals surface area contributed by atoms with Crippen LogP contribution in [0.3, 0.4) is 0 Å². The summed E-state index contributed by atoms with van der Waals surface area (Å²) in [4.78, 5) is 3.77. The van der Waals surface area contributed by atoms with Gasteiger partial charge in [0.25, 0.3) is 0 Å². The molecule has 3 heteroatoms. The summed E-state index contributed by atoms with van der Waals surface area (Å²) in [6, 6.07) is 4.42. The minimum atomic E-state index is 0.220. The Morgan fingerprint density at radius 1 is 1.46 bits per heavy atom. The Kier molecular flexibility index (Phi) is 2.98. The van der Waals surface area contributed by atoms with Crippen molar-refractivity contribution in [2.75, 3.05) is 19.6 Å². The van der Waals surface area contributed by atoms with Crippen LogP contribution in [-0.2, 0) is 0 Å². The Balaban J connectivity index is 1.87. The minimum Gasteiger partial charge on any atom is -0.322 e. The van der Waals surface area contributed by atoms with Crippen molar-refractivity contribution in [2.45, 2.75) is 18.9 Å². The molecule has 13 heavy (non-hydrogen) atoms. The first-order valence-electron chi connectivity index (χ1n) is 4.87. The summed E-state index contributed by atoms with van der Waals surface area (Å²) in [5.74, 6) is 0. The second-order valence-electron chi connectivity index (χ2n) is 3.63. The molecule has 2 nitrogen and oxygen atoms in total. The van der Waals surface area contributed by atoms with E-state index in [0.717, 1.165) is 6.54 Å². The number of hydrogen-bond donors (Lipinski definition) is 1. The van der Waals surface area contributed by atoms with Crippen molar-refractivity contribution in [3.8, 4) is 0 Å². The van der Waals surface area contributed by atoms with Crippen molar-refractivity contribution >= 4 is 11.3 Å². The van der Waals surface area contributed by atoms with Gasteiger partial charge in [-0.1, -0.05) is 6.07 Å². The minimum absolute atomic E-state index is 0.220. The van der Waals surface area contributed by atoms with E-state index in [4.69, 9.17) is 5.73 Å². The smallest absolute Gasteiger partial charge is 0.0519 e. The van der Waals surface area contributed by atoms with Crippen molar-refractivity contribution in [3.63, 3.8) is 0 Å². The van der Waals surface area contributed by atoms with E-state index in [-0.39, 0.29) is 6.04 Å². The molecule has 72 valence electrons. The van der Waals surface area contributed by atoms with Gasteiger partial charge in [-0.2, -0.15) is 0 Å². The molecular formula is C10H16N2S. The molecule has 1 unspecified atom stereocenters. The zero-order valence-electron chi connectivity index (χ0n) is 7.78. The molecule has 1 aromatic heterocycles. The van der Waals surface area contributed by atoms with Gasteiger partial charge in [0.15, 0.2) is 0 Å². The van der Waals surface area contributed by atoms with Crippen LogP contribution < -0.4 is 5.73 Å². The van der Waals surface area contributed by atoms with Crippen molar-refractivity contribution in [1.29, 1.82) is 0 Å². The highest BCUT2D eigenvalue weighted by molar-refractivity contribution is 7.10. The highest BCUT2D eigenvalue weighted by Crippen LogP contribution is 2.19. The SMILES string of the molecule is NC(CN1CCCC1)c1cccs1. The van der Waals surface area contributed by atoms with Gasteiger partial charge < -0.3 is 10.6 Å². The molecule has 2 rings (SSSR count). The number of likely N-dealkylation sites (tertiary alicyclic amines) is 1. The molecular weight excluding hydrogens is 180 g/mol. The molecule has 1 atom stereocenters. The fourth-order valence-corrected chi connectivity index (χ4v) is 2.56. The maximum Gasteiger partial charge on any atom is 0.0519 e. The largest absolute Gasteiger partial charge is 0.322 e. The highest BCUT2D eigenvalue weighted by Gasteiger charge is 2.16. The molecule has 2 heterocycles. The van der Waals surface area contributed by atoms with Gasteiger partial charge in [-0.05, 0) is 37.4 Å². The summed E-state index contributed by atoms with van der Waals surface area (Å²) in [7, 11) is 0. The quantitative estimate of drug-likeness (QED) is 0.799. The van der Waals surface area contributed by atoms with Crippen molar-refractivity contribution in [2.24, 2.45) is 5.73 Å². The van der Waals surface area contributed by atoms with Gasteiger partial charge in [-0.15, -0.1) is 11.3 Å². The van der Waals surface area contributed by atoms with E-state index in [1.165, 1.54) is 30.8 Å². The lowest BCUT2D eigenvalue weighted by molar-refractivity contribution is 0.317. The third-order valence-electron chi connectivity index (χ3n) is 2.56. The Morgan fingerprint density at radius 2 is 2.23 bits per heavy atom. The Morgan fingerprint density at radius 3 is 2.85 bits per heavy atom. The predicted molar refractivity (Wildman–Crippen MR) is 56.9 cm³/mol. The second kappa shape index (κ2) is 4.22. The van der Waals surface area contributed by atoms with E-state index in [0.29, 0.717) is 0 Å². The molecule has 0 saturated carbocycles. The maximum atomic E-state index is 6.09. The summed E-state index contributed by atoms with van der Waals surface area (Å²) in [5.41, 5.74) is 6.09. The monoisotopic (exact) mass is 196 g/mol. The molecule has 1 aliphatic heterocycles. The molecule has 0 aliphatic carbocycles. The van der Waals surface area contributed by atoms with Gasteiger partial charge in [-0.25, -0.2) is 0 Å². The molecule has 1 saturated heterocycles. The number of thiophene rings is 1. The van der Waals surface area contributed by atoms with Crippen molar-refractivity contribution in [3.05, 3.63) is 22.4 Å². The molecule has 2 N–H and O–H groups in total. The average Bonchev–Trinajstić information content (AvgIpc) is 2.74. The van der Waals surface area contributed by atoms with Gasteiger partial charge in [0.2, 0.25) is 0 Å². The molecule has 0 bridgehead atoms. The Hall–Kier alpha value is -0.380. The molecule has 0 amide bonds. The number of nitrogens with two attached hydrogens (primary N) is 1. The van der Waals surface area contributed by atoms with Crippen LogP contribution in [0.5, 0.6) is 0 Å². The van der Waals surface area contributed by atoms with E-state index in [1.807, 2.05) is 0 Å². The molecule has 1 aromatic rings. The average molecular weight is 196 g/mol. The standard InChI is InChI=1S/C10H16N2S/c11-9(10-4-3-7-13-10)8-12-5-1-2-6-12/h3-4,7,9H,1-2,5-6,8,11H2. The molecule has 1 aliphatic rings. The van der Waals surface area contributed by atoms with Crippen molar-refractivity contribution < 1.29 is 0 Å². The second-order valence-corrected chi connectivity index (χ2v) is 4.61. The van der Waals surface area contributed by atoms with Crippen LogP contribution in [-0.4, -0.2) is 24.5 Å². The van der Waals surface area contributed by atoms with E-state index < -0.39 is 0 Å². The third kappa shape index (κ3) is 2.30. The maximum absolute atomic E-state index is 6.09. The summed E-state index contributed by atoms with van der Waals surface area (Å²) in [6.45, 7) is 3.50. The molecule has 1 fully saturated rings. The van der Waals surface area contributed by atoms with Crippen LogP contribution >= 0.6 is 11.3 Å². The Labute approximate surface area is 83.4 Å². The number of rotatable bonds is 3. The number of hydrogen-bond acceptors (Lipinski definition) is 3. The van der Waals surface area contributed by atoms with E-state index in [2.05, 4.69) is 22.4 Å². The van der Waals surface area contributed by atoms with Gasteiger partial charge in [0.1, 0.15) is 0 Å². The van der Waals surface area contributed by atoms with Crippen LogP contribution in [0.4, 0.5) is 0 Å². The highest BCUT2D eigenvalue weighted by atomic mass is 32.1. The summed E-state index contributed by atoms with van der Waals surface area (Å²) in [5, 5.41) is 2.10. The first-order valence-corrected chi connectivity index (χ1v) is 5.75. The van der Waals surface area contributed by atoms with Crippen LogP contribution in [0.2, 0.25) is 0 Å². The van der Waals surface area contributed by atoms with Gasteiger partial charge in [-0.3, -0.25) is 0 Å². The van der Waals surface area contributed by atoms with Crippen LogP contribution in [0.25, 0.3) is 0 Å². The fraction of sp³-hybridized carbons (Fsp3) is 0.600. The number of nitrogens with zero attached hydrogens (tertiary/aromatic N) is 1. The lowest BCUT2D eigenvalue weighted by atomic mass is 10.2. The normalized spacial score (nSPS) is 20.7. The Bertz CT molecular complexity index is 239. The zero-order chi connectivity index (χ0) is 9.10. The van der Waals surface area contributed by atoms with E-state index in [1.54, 1.807) is 11.3 Å². The molecule has 0 aromatic carbocycles. The topological polar surface area (TPSA) is 29.3 Å². The van der Waals surface area contributed by atoms with Gasteiger partial charge >= 0.3 is 0 Å². The summed E-state index contributed by atoms with van der Waals surface area (Å²) >= 11 is 1.76. The first-order chi connectivity index (χ1) is 6.36. The third-order valence-corrected chi connectivity index (χ3v) is 3.57. The predicted octanol–water partition coefficient (Wildman–Crippen LogP) is 1.84. The van der Waals surface area contributed by atoms with E-state index in [9.17, 15) is 0 Å². The molecule has 0 spiro atoms. The summed E-state index contributed by atoms with van der Waals surface area (Å²) in [6.07, 6.45) is 2.69. The van der Waals surface area contributed by atoms with Crippen LogP contribution in [0, 0.1) is 0 Å². The summed E-state index contributed by atoms with van der Waals surface area (Å²) < 4.78 is 0. The van der Waals surface area contributed by atoms with E-state index >= 15 is 0 Å². The lowest BCUT2D eigenvalue weighted by Crippen LogP contribution is -2.29. The molecule has 0 radical (unpaired) electrons. The van der Waals surface area contributed by atoms with Gasteiger partial charge in [0, 0.05) is 11.4 Å². The van der Waals surface area contributed by atoms with Crippen LogP contribution in [0.1, 0.15) is 23.8 Å². The first kappa shape index (κ1) is 9.19. The zero-order valence-corrected chi connectivity index (χ0v) is 8.59. The van der Waals surface area contributed by atoms with Crippen LogP contribution in [0.15, 0.2) is 17.5 Å². The van der Waals surface area contributed by atoms with Crippen molar-refractivity contribution in [1.82, 2.24) is 4.90 Å².